The van der Waals surface area contributed by atoms with E-state index in [-0.39, 0.29) is 16.7 Å². The third-order valence-corrected chi connectivity index (χ3v) is 6.31. The summed E-state index contributed by atoms with van der Waals surface area (Å²) in [4.78, 5) is 26.8. The number of sulfonamides is 1. The number of aryl methyl sites for hydroxylation is 2. The molecule has 0 spiro atoms. The van der Waals surface area contributed by atoms with E-state index >= 15 is 0 Å². The van der Waals surface area contributed by atoms with Crippen LogP contribution in [0.5, 0.6) is 0 Å². The Morgan fingerprint density at radius 3 is 1.97 bits per heavy atom. The fourth-order valence-electron chi connectivity index (χ4n) is 3.62. The molecule has 0 saturated carbocycles. The molecule has 31 heavy (non-hydrogen) atoms. The van der Waals surface area contributed by atoms with Gasteiger partial charge in [-0.1, -0.05) is 30.3 Å². The van der Waals surface area contributed by atoms with Gasteiger partial charge in [0.05, 0.1) is 11.0 Å². The minimum absolute atomic E-state index is 0.00170. The van der Waals surface area contributed by atoms with Crippen molar-refractivity contribution < 1.29 is 12.8 Å². The van der Waals surface area contributed by atoms with Crippen molar-refractivity contribution in [1.29, 1.82) is 0 Å². The van der Waals surface area contributed by atoms with Crippen molar-refractivity contribution in [3.05, 3.63) is 92.2 Å². The summed E-state index contributed by atoms with van der Waals surface area (Å²) in [6.07, 6.45) is 0. The Bertz CT molecular complexity index is 1520. The SMILES string of the molecule is Cc1cc(NS(=O)(=O)c2cc3[nH]c(=O)c(=O)[nH]c3cc2F)cc(C)c1-c1ccccc1. The highest BCUT2D eigenvalue weighted by molar-refractivity contribution is 7.92. The smallest absolute Gasteiger partial charge is 0.314 e. The van der Waals surface area contributed by atoms with E-state index in [4.69, 9.17) is 0 Å². The fraction of sp³-hybridized carbons (Fsp3) is 0.0909. The van der Waals surface area contributed by atoms with Crippen molar-refractivity contribution >= 4 is 26.7 Å². The van der Waals surface area contributed by atoms with E-state index in [0.717, 1.165) is 34.4 Å². The fourth-order valence-corrected chi connectivity index (χ4v) is 4.74. The number of H-pyrrole nitrogens is 2. The molecule has 0 fully saturated rings. The normalized spacial score (nSPS) is 11.6. The number of benzene rings is 3. The zero-order valence-corrected chi connectivity index (χ0v) is 17.4. The van der Waals surface area contributed by atoms with E-state index in [2.05, 4.69) is 14.7 Å². The molecule has 0 aliphatic carbocycles. The summed E-state index contributed by atoms with van der Waals surface area (Å²) in [5.74, 6) is -1.06. The Kier molecular flexibility index (Phi) is 4.98. The molecule has 0 atom stereocenters. The van der Waals surface area contributed by atoms with Gasteiger partial charge in [0.1, 0.15) is 10.7 Å². The quantitative estimate of drug-likeness (QED) is 0.423. The Balaban J connectivity index is 1.76. The molecule has 0 unspecified atom stereocenters. The number of hydrogen-bond acceptors (Lipinski definition) is 4. The molecule has 0 aliphatic heterocycles. The summed E-state index contributed by atoms with van der Waals surface area (Å²) < 4.78 is 42.7. The Morgan fingerprint density at radius 1 is 0.839 bits per heavy atom. The van der Waals surface area contributed by atoms with E-state index in [1.165, 1.54) is 0 Å². The summed E-state index contributed by atoms with van der Waals surface area (Å²) in [6.45, 7) is 3.73. The van der Waals surface area contributed by atoms with Crippen molar-refractivity contribution in [2.45, 2.75) is 18.7 Å². The molecule has 1 aromatic heterocycles. The van der Waals surface area contributed by atoms with Crippen LogP contribution in [0.2, 0.25) is 0 Å². The molecule has 4 rings (SSSR count). The highest BCUT2D eigenvalue weighted by Gasteiger charge is 2.22. The summed E-state index contributed by atoms with van der Waals surface area (Å²) in [5.41, 5.74) is 2.05. The van der Waals surface area contributed by atoms with Gasteiger partial charge in [0.15, 0.2) is 0 Å². The lowest BCUT2D eigenvalue weighted by atomic mass is 9.95. The number of aromatic amines is 2. The maximum Gasteiger partial charge on any atom is 0.314 e. The first-order valence-electron chi connectivity index (χ1n) is 9.31. The number of anilines is 1. The number of nitrogens with one attached hydrogen (secondary N) is 3. The topological polar surface area (TPSA) is 112 Å². The second-order valence-electron chi connectivity index (χ2n) is 7.19. The predicted octanol–water partition coefficient (Wildman–Crippen LogP) is 3.44. The summed E-state index contributed by atoms with van der Waals surface area (Å²) in [6, 6.07) is 14.9. The van der Waals surface area contributed by atoms with Gasteiger partial charge < -0.3 is 9.97 Å². The summed E-state index contributed by atoms with van der Waals surface area (Å²) in [7, 11) is -4.31. The minimum Gasteiger partial charge on any atom is -0.316 e. The molecular formula is C22H18FN3O4S. The second-order valence-corrected chi connectivity index (χ2v) is 8.84. The lowest BCUT2D eigenvalue weighted by Gasteiger charge is -2.15. The van der Waals surface area contributed by atoms with Gasteiger partial charge in [-0.25, -0.2) is 12.8 Å². The van der Waals surface area contributed by atoms with Gasteiger partial charge in [-0.2, -0.15) is 0 Å². The molecule has 0 radical (unpaired) electrons. The van der Waals surface area contributed by atoms with Crippen LogP contribution in [0, 0.1) is 19.7 Å². The van der Waals surface area contributed by atoms with Crippen molar-refractivity contribution in [1.82, 2.24) is 9.97 Å². The first kappa shape index (κ1) is 20.5. The number of fused-ring (bicyclic) bond motifs is 1. The van der Waals surface area contributed by atoms with Crippen LogP contribution < -0.4 is 15.8 Å². The first-order chi connectivity index (χ1) is 14.7. The summed E-state index contributed by atoms with van der Waals surface area (Å²) in [5, 5.41) is 0. The number of aromatic nitrogens is 2. The molecule has 0 saturated heterocycles. The van der Waals surface area contributed by atoms with Crippen LogP contribution in [0.4, 0.5) is 10.1 Å². The highest BCUT2D eigenvalue weighted by atomic mass is 32.2. The molecule has 0 bridgehead atoms. The molecule has 9 heteroatoms. The van der Waals surface area contributed by atoms with Crippen molar-refractivity contribution in [3.63, 3.8) is 0 Å². The van der Waals surface area contributed by atoms with Crippen molar-refractivity contribution in [3.8, 4) is 11.1 Å². The second kappa shape index (κ2) is 7.51. The Hall–Kier alpha value is -3.72. The maximum atomic E-state index is 14.6. The third kappa shape index (κ3) is 3.87. The zero-order chi connectivity index (χ0) is 22.3. The molecular weight excluding hydrogens is 421 g/mol. The molecule has 7 nitrogen and oxygen atoms in total. The molecule has 3 N–H and O–H groups in total. The van der Waals surface area contributed by atoms with Crippen LogP contribution in [0.15, 0.2) is 69.1 Å². The standard InChI is InChI=1S/C22H18FN3O4S/c1-12-8-15(9-13(2)20(12)14-6-4-3-5-7-14)26-31(29,30)19-11-18-17(10-16(19)23)24-21(27)22(28)25-18/h3-11,26H,1-2H3,(H,24,27)(H,25,28). The van der Waals surface area contributed by atoms with Gasteiger partial charge in [-0.3, -0.25) is 14.3 Å². The highest BCUT2D eigenvalue weighted by Crippen LogP contribution is 2.31. The number of rotatable bonds is 4. The van der Waals surface area contributed by atoms with Crippen LogP contribution in [-0.4, -0.2) is 18.4 Å². The molecule has 0 aliphatic rings. The molecule has 1 heterocycles. The van der Waals surface area contributed by atoms with Gasteiger partial charge in [-0.05, 0) is 54.3 Å². The molecule has 4 aromatic rings. The minimum atomic E-state index is -4.31. The largest absolute Gasteiger partial charge is 0.316 e. The van der Waals surface area contributed by atoms with Crippen LogP contribution in [0.3, 0.4) is 0 Å². The average Bonchev–Trinajstić information content (AvgIpc) is 2.68. The summed E-state index contributed by atoms with van der Waals surface area (Å²) >= 11 is 0. The van der Waals surface area contributed by atoms with E-state index in [1.807, 2.05) is 44.2 Å². The molecule has 0 amide bonds. The maximum absolute atomic E-state index is 14.6. The van der Waals surface area contributed by atoms with Crippen LogP contribution in [-0.2, 0) is 10.0 Å². The van der Waals surface area contributed by atoms with E-state index in [1.54, 1.807) is 12.1 Å². The van der Waals surface area contributed by atoms with Gasteiger partial charge in [-0.15, -0.1) is 0 Å². The molecule has 158 valence electrons. The van der Waals surface area contributed by atoms with Gasteiger partial charge >= 0.3 is 11.1 Å². The van der Waals surface area contributed by atoms with Gasteiger partial charge in [0, 0.05) is 11.8 Å². The van der Waals surface area contributed by atoms with E-state index in [0.29, 0.717) is 0 Å². The van der Waals surface area contributed by atoms with Crippen LogP contribution >= 0.6 is 0 Å². The molecule has 3 aromatic carbocycles. The predicted molar refractivity (Wildman–Crippen MR) is 117 cm³/mol. The Labute approximate surface area is 176 Å². The van der Waals surface area contributed by atoms with Crippen LogP contribution in [0.25, 0.3) is 22.2 Å². The van der Waals surface area contributed by atoms with Crippen LogP contribution in [0.1, 0.15) is 11.1 Å². The Morgan fingerprint density at radius 2 is 1.39 bits per heavy atom. The average molecular weight is 439 g/mol. The van der Waals surface area contributed by atoms with Gasteiger partial charge in [0.25, 0.3) is 10.0 Å². The van der Waals surface area contributed by atoms with E-state index in [9.17, 15) is 22.4 Å². The lowest BCUT2D eigenvalue weighted by Crippen LogP contribution is -2.29. The zero-order valence-electron chi connectivity index (χ0n) is 16.6. The lowest BCUT2D eigenvalue weighted by molar-refractivity contribution is 0.571. The third-order valence-electron chi connectivity index (χ3n) is 4.91. The van der Waals surface area contributed by atoms with E-state index < -0.39 is 31.9 Å². The number of halogens is 1. The monoisotopic (exact) mass is 439 g/mol. The first-order valence-corrected chi connectivity index (χ1v) is 10.8. The van der Waals surface area contributed by atoms with Crippen molar-refractivity contribution in [2.24, 2.45) is 0 Å². The number of hydrogen-bond donors (Lipinski definition) is 3. The van der Waals surface area contributed by atoms with Crippen molar-refractivity contribution in [2.75, 3.05) is 4.72 Å². The van der Waals surface area contributed by atoms with Gasteiger partial charge in [0.2, 0.25) is 0 Å².